The Hall–Kier alpha value is -1.39. The molecule has 84 valence electrons. The van der Waals surface area contributed by atoms with Crippen molar-refractivity contribution in [2.45, 2.75) is 6.10 Å². The molecule has 0 bridgehead atoms. The second-order valence-corrected chi connectivity index (χ2v) is 3.80. The largest absolute Gasteiger partial charge is 0.382 e. The summed E-state index contributed by atoms with van der Waals surface area (Å²) in [5, 5.41) is 13.9. The summed E-state index contributed by atoms with van der Waals surface area (Å²) in [6, 6.07) is 6.01. The minimum atomic E-state index is -0.976. The van der Waals surface area contributed by atoms with Gasteiger partial charge in [-0.3, -0.25) is 4.68 Å². The normalized spacial score (nSPS) is 12.8. The van der Waals surface area contributed by atoms with Gasteiger partial charge in [-0.25, -0.2) is 4.39 Å². The van der Waals surface area contributed by atoms with Crippen molar-refractivity contribution in [2.75, 3.05) is 0 Å². The van der Waals surface area contributed by atoms with Crippen LogP contribution in [0.5, 0.6) is 0 Å². The molecular weight excluding hydrogens is 231 g/mol. The van der Waals surface area contributed by atoms with Crippen LogP contribution in [-0.4, -0.2) is 14.9 Å². The molecule has 3 nitrogen and oxygen atoms in total. The number of aryl methyl sites for hydroxylation is 1. The van der Waals surface area contributed by atoms with E-state index in [9.17, 15) is 9.50 Å². The molecule has 0 amide bonds. The number of rotatable bonds is 2. The van der Waals surface area contributed by atoms with Crippen molar-refractivity contribution in [3.05, 3.63) is 52.6 Å². The minimum Gasteiger partial charge on any atom is -0.382 e. The van der Waals surface area contributed by atoms with Crippen molar-refractivity contribution in [3.63, 3.8) is 0 Å². The SMILES string of the molecule is Cn1nccc1C(O)c1cccc(F)c1Cl. The monoisotopic (exact) mass is 240 g/mol. The maximum Gasteiger partial charge on any atom is 0.142 e. The first-order valence-corrected chi connectivity index (χ1v) is 5.09. The van der Waals surface area contributed by atoms with E-state index in [-0.39, 0.29) is 5.02 Å². The molecular formula is C11H10ClFN2O. The van der Waals surface area contributed by atoms with Crippen molar-refractivity contribution in [2.24, 2.45) is 7.05 Å². The van der Waals surface area contributed by atoms with Crippen LogP contribution in [0.3, 0.4) is 0 Å². The number of aliphatic hydroxyl groups excluding tert-OH is 1. The van der Waals surface area contributed by atoms with Crippen LogP contribution in [0.1, 0.15) is 17.4 Å². The number of aromatic nitrogens is 2. The van der Waals surface area contributed by atoms with Gasteiger partial charge in [0.15, 0.2) is 0 Å². The summed E-state index contributed by atoms with van der Waals surface area (Å²) in [6.07, 6.45) is 0.585. The first-order valence-electron chi connectivity index (χ1n) is 4.71. The highest BCUT2D eigenvalue weighted by atomic mass is 35.5. The molecule has 0 spiro atoms. The third-order valence-corrected chi connectivity index (χ3v) is 2.81. The fourth-order valence-electron chi connectivity index (χ4n) is 1.54. The van der Waals surface area contributed by atoms with Crippen LogP contribution in [0.25, 0.3) is 0 Å². The third kappa shape index (κ3) is 1.81. The summed E-state index contributed by atoms with van der Waals surface area (Å²) in [4.78, 5) is 0. The topological polar surface area (TPSA) is 38.0 Å². The molecule has 16 heavy (non-hydrogen) atoms. The minimum absolute atomic E-state index is 0.0591. The molecule has 0 radical (unpaired) electrons. The van der Waals surface area contributed by atoms with E-state index in [1.165, 1.54) is 16.8 Å². The molecule has 0 saturated heterocycles. The second kappa shape index (κ2) is 4.23. The summed E-state index contributed by atoms with van der Waals surface area (Å²) in [5.41, 5.74) is 0.901. The first kappa shape index (κ1) is 11.1. The number of halogens is 2. The third-order valence-electron chi connectivity index (χ3n) is 2.42. The zero-order chi connectivity index (χ0) is 11.7. The molecule has 0 aliphatic carbocycles. The average molecular weight is 241 g/mol. The molecule has 0 aliphatic heterocycles. The maximum absolute atomic E-state index is 13.2. The van der Waals surface area contributed by atoms with Gasteiger partial charge in [0, 0.05) is 18.8 Å². The van der Waals surface area contributed by atoms with Crippen molar-refractivity contribution in [1.29, 1.82) is 0 Å². The van der Waals surface area contributed by atoms with E-state index in [1.54, 1.807) is 25.4 Å². The number of nitrogens with zero attached hydrogens (tertiary/aromatic N) is 2. The van der Waals surface area contributed by atoms with Gasteiger partial charge in [0.05, 0.1) is 10.7 Å². The molecule has 1 atom stereocenters. The van der Waals surface area contributed by atoms with Gasteiger partial charge in [0.2, 0.25) is 0 Å². The van der Waals surface area contributed by atoms with E-state index in [2.05, 4.69) is 5.10 Å². The van der Waals surface area contributed by atoms with Gasteiger partial charge in [-0.05, 0) is 12.1 Å². The molecule has 1 aromatic carbocycles. The molecule has 0 aliphatic rings. The molecule has 1 N–H and O–H groups in total. The average Bonchev–Trinajstić information content (AvgIpc) is 2.68. The number of benzene rings is 1. The molecule has 1 aromatic heterocycles. The van der Waals surface area contributed by atoms with Crippen LogP contribution in [-0.2, 0) is 7.05 Å². The predicted molar refractivity (Wildman–Crippen MR) is 58.7 cm³/mol. The van der Waals surface area contributed by atoms with Crippen LogP contribution >= 0.6 is 11.6 Å². The van der Waals surface area contributed by atoms with E-state index in [0.29, 0.717) is 11.3 Å². The Morgan fingerprint density at radius 2 is 2.19 bits per heavy atom. The van der Waals surface area contributed by atoms with E-state index >= 15 is 0 Å². The van der Waals surface area contributed by atoms with Gasteiger partial charge in [0.1, 0.15) is 11.9 Å². The number of hydrogen-bond donors (Lipinski definition) is 1. The van der Waals surface area contributed by atoms with Crippen LogP contribution in [0.4, 0.5) is 4.39 Å². The molecule has 2 rings (SSSR count). The van der Waals surface area contributed by atoms with Crippen molar-refractivity contribution in [3.8, 4) is 0 Å². The first-order chi connectivity index (χ1) is 7.61. The quantitative estimate of drug-likeness (QED) is 0.875. The van der Waals surface area contributed by atoms with Crippen molar-refractivity contribution >= 4 is 11.6 Å². The molecule has 1 unspecified atom stereocenters. The van der Waals surface area contributed by atoms with E-state index in [1.807, 2.05) is 0 Å². The van der Waals surface area contributed by atoms with Crippen LogP contribution in [0.15, 0.2) is 30.5 Å². The van der Waals surface area contributed by atoms with E-state index in [0.717, 1.165) is 0 Å². The van der Waals surface area contributed by atoms with Crippen LogP contribution in [0.2, 0.25) is 5.02 Å². The number of aliphatic hydroxyl groups is 1. The van der Waals surface area contributed by atoms with Gasteiger partial charge in [-0.2, -0.15) is 5.10 Å². The summed E-state index contributed by atoms with van der Waals surface area (Å²) in [6.45, 7) is 0. The van der Waals surface area contributed by atoms with Gasteiger partial charge in [-0.15, -0.1) is 0 Å². The van der Waals surface area contributed by atoms with E-state index < -0.39 is 11.9 Å². The zero-order valence-corrected chi connectivity index (χ0v) is 9.32. The lowest BCUT2D eigenvalue weighted by molar-refractivity contribution is 0.209. The summed E-state index contributed by atoms with van der Waals surface area (Å²) in [7, 11) is 1.70. The second-order valence-electron chi connectivity index (χ2n) is 3.43. The molecule has 0 saturated carbocycles. The summed E-state index contributed by atoms with van der Waals surface area (Å²) >= 11 is 5.79. The standard InChI is InChI=1S/C11H10ClFN2O/c1-15-9(5-6-14-15)11(16)7-3-2-4-8(13)10(7)12/h2-6,11,16H,1H3. The van der Waals surface area contributed by atoms with Gasteiger partial charge >= 0.3 is 0 Å². The fraction of sp³-hybridized carbons (Fsp3) is 0.182. The van der Waals surface area contributed by atoms with Crippen molar-refractivity contribution in [1.82, 2.24) is 9.78 Å². The Morgan fingerprint density at radius 3 is 2.81 bits per heavy atom. The Kier molecular flexibility index (Phi) is 2.94. The molecule has 5 heteroatoms. The lowest BCUT2D eigenvalue weighted by Crippen LogP contribution is -2.07. The highest BCUT2D eigenvalue weighted by Crippen LogP contribution is 2.29. The van der Waals surface area contributed by atoms with Crippen LogP contribution < -0.4 is 0 Å². The maximum atomic E-state index is 13.2. The fourth-order valence-corrected chi connectivity index (χ4v) is 1.77. The Balaban J connectivity index is 2.46. The van der Waals surface area contributed by atoms with E-state index in [4.69, 9.17) is 11.6 Å². The van der Waals surface area contributed by atoms with Crippen molar-refractivity contribution < 1.29 is 9.50 Å². The highest BCUT2D eigenvalue weighted by Gasteiger charge is 2.18. The lowest BCUT2D eigenvalue weighted by Gasteiger charge is -2.13. The number of hydrogen-bond acceptors (Lipinski definition) is 2. The molecule has 1 heterocycles. The Labute approximate surface area is 97.1 Å². The Bertz CT molecular complexity index is 512. The molecule has 0 fully saturated rings. The Morgan fingerprint density at radius 1 is 1.44 bits per heavy atom. The smallest absolute Gasteiger partial charge is 0.142 e. The van der Waals surface area contributed by atoms with Gasteiger partial charge in [-0.1, -0.05) is 23.7 Å². The summed E-state index contributed by atoms with van der Waals surface area (Å²) in [5.74, 6) is -0.541. The van der Waals surface area contributed by atoms with Gasteiger partial charge < -0.3 is 5.11 Å². The van der Waals surface area contributed by atoms with Gasteiger partial charge in [0.25, 0.3) is 0 Å². The lowest BCUT2D eigenvalue weighted by atomic mass is 10.1. The molecule has 2 aromatic rings. The highest BCUT2D eigenvalue weighted by molar-refractivity contribution is 6.31. The summed E-state index contributed by atoms with van der Waals surface area (Å²) < 4.78 is 14.7. The zero-order valence-electron chi connectivity index (χ0n) is 8.56. The van der Waals surface area contributed by atoms with Crippen LogP contribution in [0, 0.1) is 5.82 Å². The predicted octanol–water partition coefficient (Wildman–Crippen LogP) is 2.29.